The average Bonchev–Trinajstić information content (AvgIpc) is 3.42. The number of hydrogen-bond donors (Lipinski definition) is 1. The number of amides is 2. The van der Waals surface area contributed by atoms with Gasteiger partial charge in [-0.3, -0.25) is 9.59 Å². The van der Waals surface area contributed by atoms with Crippen LogP contribution in [0.15, 0.2) is 48.5 Å². The van der Waals surface area contributed by atoms with E-state index >= 15 is 0 Å². The highest BCUT2D eigenvalue weighted by atomic mass is 35.5. The van der Waals surface area contributed by atoms with Crippen LogP contribution in [-0.4, -0.2) is 37.6 Å². The highest BCUT2D eigenvalue weighted by Gasteiger charge is 2.35. The number of nitrogens with zero attached hydrogens (tertiary/aromatic N) is 1. The van der Waals surface area contributed by atoms with Crippen LogP contribution in [0.2, 0.25) is 5.02 Å². The Morgan fingerprint density at radius 1 is 1.20 bits per heavy atom. The summed E-state index contributed by atoms with van der Waals surface area (Å²) >= 11 is 6.15. The van der Waals surface area contributed by atoms with Crippen molar-refractivity contribution in [2.75, 3.05) is 24.6 Å². The Labute approximate surface area is 181 Å². The number of ether oxygens (including phenoxy) is 2. The zero-order valence-corrected chi connectivity index (χ0v) is 17.4. The van der Waals surface area contributed by atoms with Crippen LogP contribution < -0.4 is 15.0 Å². The van der Waals surface area contributed by atoms with Gasteiger partial charge < -0.3 is 19.7 Å². The summed E-state index contributed by atoms with van der Waals surface area (Å²) in [6, 6.07) is 14.9. The van der Waals surface area contributed by atoms with Crippen molar-refractivity contribution in [1.29, 1.82) is 0 Å². The van der Waals surface area contributed by atoms with Gasteiger partial charge in [-0.05, 0) is 43.2 Å². The molecule has 2 aliphatic heterocycles. The van der Waals surface area contributed by atoms with Gasteiger partial charge in [0.25, 0.3) is 0 Å². The molecule has 6 nitrogen and oxygen atoms in total. The highest BCUT2D eigenvalue weighted by molar-refractivity contribution is 6.31. The van der Waals surface area contributed by atoms with Crippen LogP contribution in [0.1, 0.15) is 24.8 Å². The van der Waals surface area contributed by atoms with Crippen LogP contribution in [0.25, 0.3) is 0 Å². The molecule has 0 aromatic heterocycles. The quantitative estimate of drug-likeness (QED) is 0.732. The number of halogens is 1. The minimum Gasteiger partial charge on any atom is -0.489 e. The van der Waals surface area contributed by atoms with Crippen molar-refractivity contribution < 1.29 is 19.1 Å². The van der Waals surface area contributed by atoms with Crippen molar-refractivity contribution in [2.45, 2.75) is 32.0 Å². The molecule has 7 heteroatoms. The van der Waals surface area contributed by atoms with E-state index in [0.717, 1.165) is 30.7 Å². The second-order valence-corrected chi connectivity index (χ2v) is 8.07. The number of rotatable bonds is 7. The van der Waals surface area contributed by atoms with Gasteiger partial charge in [0, 0.05) is 42.4 Å². The van der Waals surface area contributed by atoms with Gasteiger partial charge in [-0.2, -0.15) is 0 Å². The molecule has 2 saturated heterocycles. The predicted molar refractivity (Wildman–Crippen MR) is 115 cm³/mol. The number of anilines is 1. The zero-order valence-electron chi connectivity index (χ0n) is 16.7. The molecule has 2 aromatic rings. The fraction of sp³-hybridized carbons (Fsp3) is 0.391. The van der Waals surface area contributed by atoms with E-state index in [1.165, 1.54) is 0 Å². The van der Waals surface area contributed by atoms with Gasteiger partial charge in [0.1, 0.15) is 12.4 Å². The van der Waals surface area contributed by atoms with E-state index in [0.29, 0.717) is 30.5 Å². The monoisotopic (exact) mass is 428 g/mol. The first-order valence-electron chi connectivity index (χ1n) is 10.3. The molecule has 0 spiro atoms. The third kappa shape index (κ3) is 4.94. The minimum atomic E-state index is -0.338. The SMILES string of the molecule is O=C(NCC1CCCO1)C1CC(=O)N(c2ccc(OCc3ccccc3Cl)cc2)C1. The first kappa shape index (κ1) is 20.7. The lowest BCUT2D eigenvalue weighted by Crippen LogP contribution is -2.37. The number of carbonyl (C=O) groups is 2. The number of hydrogen-bond acceptors (Lipinski definition) is 4. The lowest BCUT2D eigenvalue weighted by molar-refractivity contribution is -0.126. The Balaban J connectivity index is 1.30. The van der Waals surface area contributed by atoms with E-state index in [4.69, 9.17) is 21.1 Å². The smallest absolute Gasteiger partial charge is 0.227 e. The standard InChI is InChI=1S/C23H25ClN2O4/c24-21-6-2-1-4-16(21)15-30-19-9-7-18(8-10-19)26-14-17(12-22(26)27)23(28)25-13-20-5-3-11-29-20/h1-2,4,6-10,17,20H,3,5,11-15H2,(H,25,28). The van der Waals surface area contributed by atoms with Gasteiger partial charge in [-0.25, -0.2) is 0 Å². The maximum absolute atomic E-state index is 12.5. The van der Waals surface area contributed by atoms with Crippen LogP contribution in [0.3, 0.4) is 0 Å². The minimum absolute atomic E-state index is 0.0444. The maximum atomic E-state index is 12.5. The Morgan fingerprint density at radius 3 is 2.73 bits per heavy atom. The first-order valence-corrected chi connectivity index (χ1v) is 10.6. The molecule has 0 bridgehead atoms. The fourth-order valence-corrected chi connectivity index (χ4v) is 3.99. The third-order valence-electron chi connectivity index (χ3n) is 5.52. The van der Waals surface area contributed by atoms with Crippen molar-refractivity contribution in [2.24, 2.45) is 5.92 Å². The van der Waals surface area contributed by atoms with E-state index in [9.17, 15) is 9.59 Å². The van der Waals surface area contributed by atoms with Crippen molar-refractivity contribution in [1.82, 2.24) is 5.32 Å². The highest BCUT2D eigenvalue weighted by Crippen LogP contribution is 2.27. The number of nitrogens with one attached hydrogen (secondary N) is 1. The van der Waals surface area contributed by atoms with Crippen LogP contribution in [-0.2, 0) is 20.9 Å². The van der Waals surface area contributed by atoms with Crippen molar-refractivity contribution >= 4 is 29.1 Å². The first-order chi connectivity index (χ1) is 14.6. The van der Waals surface area contributed by atoms with Gasteiger partial charge in [0.15, 0.2) is 0 Å². The average molecular weight is 429 g/mol. The molecule has 2 aromatic carbocycles. The Morgan fingerprint density at radius 2 is 2.00 bits per heavy atom. The van der Waals surface area contributed by atoms with Gasteiger partial charge in [-0.15, -0.1) is 0 Å². The summed E-state index contributed by atoms with van der Waals surface area (Å²) in [4.78, 5) is 26.6. The largest absolute Gasteiger partial charge is 0.489 e. The number of carbonyl (C=O) groups excluding carboxylic acids is 2. The molecule has 1 N–H and O–H groups in total. The van der Waals surface area contributed by atoms with Gasteiger partial charge >= 0.3 is 0 Å². The van der Waals surface area contributed by atoms with E-state index in [-0.39, 0.29) is 30.3 Å². The molecule has 2 aliphatic rings. The van der Waals surface area contributed by atoms with Crippen molar-refractivity contribution in [3.8, 4) is 5.75 Å². The molecule has 2 heterocycles. The summed E-state index contributed by atoms with van der Waals surface area (Å²) in [5.74, 6) is 0.226. The lowest BCUT2D eigenvalue weighted by atomic mass is 10.1. The summed E-state index contributed by atoms with van der Waals surface area (Å²) in [7, 11) is 0. The molecule has 0 saturated carbocycles. The second-order valence-electron chi connectivity index (χ2n) is 7.66. The molecule has 2 amide bonds. The molecule has 0 aliphatic carbocycles. The van der Waals surface area contributed by atoms with Crippen molar-refractivity contribution in [3.63, 3.8) is 0 Å². The van der Waals surface area contributed by atoms with E-state index in [2.05, 4.69) is 5.32 Å². The molecular weight excluding hydrogens is 404 g/mol. The molecule has 0 radical (unpaired) electrons. The molecule has 2 fully saturated rings. The van der Waals surface area contributed by atoms with Crippen LogP contribution in [0.5, 0.6) is 5.75 Å². The summed E-state index contributed by atoms with van der Waals surface area (Å²) in [5, 5.41) is 3.60. The molecule has 2 unspecified atom stereocenters. The van der Waals surface area contributed by atoms with Crippen LogP contribution in [0, 0.1) is 5.92 Å². The third-order valence-corrected chi connectivity index (χ3v) is 5.89. The summed E-state index contributed by atoms with van der Waals surface area (Å²) in [5.41, 5.74) is 1.68. The van der Waals surface area contributed by atoms with Gasteiger partial charge in [-0.1, -0.05) is 29.8 Å². The zero-order chi connectivity index (χ0) is 20.9. The topological polar surface area (TPSA) is 67.9 Å². The van der Waals surface area contributed by atoms with E-state index in [1.54, 1.807) is 4.90 Å². The molecular formula is C23H25ClN2O4. The molecule has 2 atom stereocenters. The Hall–Kier alpha value is -2.57. The van der Waals surface area contributed by atoms with E-state index in [1.807, 2.05) is 48.5 Å². The van der Waals surface area contributed by atoms with E-state index < -0.39 is 0 Å². The maximum Gasteiger partial charge on any atom is 0.227 e. The fourth-order valence-electron chi connectivity index (χ4n) is 3.80. The predicted octanol–water partition coefficient (Wildman–Crippen LogP) is 3.57. The molecule has 30 heavy (non-hydrogen) atoms. The van der Waals surface area contributed by atoms with Crippen molar-refractivity contribution in [3.05, 3.63) is 59.1 Å². The van der Waals surface area contributed by atoms with Gasteiger partial charge in [0.2, 0.25) is 11.8 Å². The summed E-state index contributed by atoms with van der Waals surface area (Å²) < 4.78 is 11.3. The Bertz CT molecular complexity index is 896. The molecule has 4 rings (SSSR count). The van der Waals surface area contributed by atoms with Crippen LogP contribution >= 0.6 is 11.6 Å². The number of benzene rings is 2. The second kappa shape index (κ2) is 9.49. The van der Waals surface area contributed by atoms with Gasteiger partial charge in [0.05, 0.1) is 12.0 Å². The normalized spacial score (nSPS) is 21.1. The summed E-state index contributed by atoms with van der Waals surface area (Å²) in [6.45, 7) is 2.03. The summed E-state index contributed by atoms with van der Waals surface area (Å²) in [6.07, 6.45) is 2.33. The Kier molecular flexibility index (Phi) is 6.55. The molecule has 158 valence electrons. The van der Waals surface area contributed by atoms with Crippen LogP contribution in [0.4, 0.5) is 5.69 Å². The lowest BCUT2D eigenvalue weighted by Gasteiger charge is -2.18.